The number of rotatable bonds is 1. The highest BCUT2D eigenvalue weighted by Gasteiger charge is 2.15. The zero-order valence-corrected chi connectivity index (χ0v) is 11.9. The summed E-state index contributed by atoms with van der Waals surface area (Å²) in [6.07, 6.45) is 0. The van der Waals surface area contributed by atoms with Crippen LogP contribution in [0.1, 0.15) is 11.4 Å². The molecule has 0 saturated carbocycles. The summed E-state index contributed by atoms with van der Waals surface area (Å²) in [6.45, 7) is 3.66. The highest BCUT2D eigenvalue weighted by Crippen LogP contribution is 2.33. The summed E-state index contributed by atoms with van der Waals surface area (Å²) in [5.41, 5.74) is 2.15. The van der Waals surface area contributed by atoms with Crippen molar-refractivity contribution < 1.29 is 4.42 Å². The van der Waals surface area contributed by atoms with Crippen LogP contribution < -0.4 is 0 Å². The molecule has 0 fully saturated rings. The Balaban J connectivity index is 2.28. The van der Waals surface area contributed by atoms with E-state index in [1.54, 1.807) is 13.0 Å². The maximum Gasteiger partial charge on any atom is 0.154 e. The van der Waals surface area contributed by atoms with Crippen molar-refractivity contribution in [2.45, 2.75) is 13.8 Å². The molecule has 3 rings (SSSR count). The van der Waals surface area contributed by atoms with Gasteiger partial charge in [0.1, 0.15) is 16.7 Å². The van der Waals surface area contributed by atoms with E-state index in [4.69, 9.17) is 27.6 Å². The van der Waals surface area contributed by atoms with E-state index in [-0.39, 0.29) is 0 Å². The van der Waals surface area contributed by atoms with Crippen LogP contribution in [0.3, 0.4) is 0 Å². The number of hydrogen-bond donors (Lipinski definition) is 0. The summed E-state index contributed by atoms with van der Waals surface area (Å²) in [5, 5.41) is 1.96. The van der Waals surface area contributed by atoms with Crippen molar-refractivity contribution in [2.24, 2.45) is 0 Å². The summed E-state index contributed by atoms with van der Waals surface area (Å²) in [7, 11) is 0. The molecule has 2 aromatic heterocycles. The van der Waals surface area contributed by atoms with Crippen LogP contribution in [0.4, 0.5) is 0 Å². The number of fused-ring (bicyclic) bond motifs is 1. The first-order valence-corrected chi connectivity index (χ1v) is 6.51. The molecule has 0 bridgehead atoms. The molecule has 0 aliphatic rings. The molecule has 0 aliphatic heterocycles. The van der Waals surface area contributed by atoms with Crippen molar-refractivity contribution in [3.05, 3.63) is 45.8 Å². The van der Waals surface area contributed by atoms with Crippen LogP contribution in [0.15, 0.2) is 28.7 Å². The predicted octanol–water partition coefficient (Wildman–Crippen LogP) is 4.81. The van der Waals surface area contributed by atoms with Crippen LogP contribution in [-0.4, -0.2) is 9.97 Å². The molecular formula is C14H10Cl2N2O. The lowest BCUT2D eigenvalue weighted by Crippen LogP contribution is -1.95. The quantitative estimate of drug-likeness (QED) is 0.604. The minimum Gasteiger partial charge on any atom is -0.453 e. The number of nitrogens with zero attached hydrogens (tertiary/aromatic N) is 2. The molecule has 0 unspecified atom stereocenters. The van der Waals surface area contributed by atoms with Crippen LogP contribution in [0.2, 0.25) is 10.2 Å². The molecule has 3 aromatic rings. The highest BCUT2D eigenvalue weighted by molar-refractivity contribution is 6.34. The van der Waals surface area contributed by atoms with Gasteiger partial charge in [0.15, 0.2) is 11.3 Å². The number of benzene rings is 1. The Labute approximate surface area is 120 Å². The van der Waals surface area contributed by atoms with Gasteiger partial charge in [-0.15, -0.1) is 0 Å². The Morgan fingerprint density at radius 3 is 2.63 bits per heavy atom. The van der Waals surface area contributed by atoms with Gasteiger partial charge in [-0.25, -0.2) is 9.97 Å². The largest absolute Gasteiger partial charge is 0.453 e. The van der Waals surface area contributed by atoms with Gasteiger partial charge in [0.05, 0.1) is 5.02 Å². The van der Waals surface area contributed by atoms with Crippen molar-refractivity contribution >= 4 is 34.2 Å². The first-order valence-electron chi connectivity index (χ1n) is 5.75. The molecule has 0 spiro atoms. The van der Waals surface area contributed by atoms with Crippen molar-refractivity contribution in [3.63, 3.8) is 0 Å². The van der Waals surface area contributed by atoms with Gasteiger partial charge in [0, 0.05) is 10.9 Å². The minimum atomic E-state index is 0.439. The van der Waals surface area contributed by atoms with Crippen LogP contribution in [-0.2, 0) is 0 Å². The number of aryl methyl sites for hydroxylation is 1. The molecule has 0 radical (unpaired) electrons. The topological polar surface area (TPSA) is 38.9 Å². The van der Waals surface area contributed by atoms with E-state index in [1.807, 2.05) is 25.1 Å². The second kappa shape index (κ2) is 4.51. The average Bonchev–Trinajstić information content (AvgIpc) is 2.79. The van der Waals surface area contributed by atoms with Crippen molar-refractivity contribution in [2.75, 3.05) is 0 Å². The fourth-order valence-corrected chi connectivity index (χ4v) is 2.41. The lowest BCUT2D eigenvalue weighted by molar-refractivity contribution is 0.627. The number of halogens is 2. The number of hydrogen-bond acceptors (Lipinski definition) is 3. The second-order valence-corrected chi connectivity index (χ2v) is 5.07. The first-order chi connectivity index (χ1) is 9.06. The maximum atomic E-state index is 6.11. The van der Waals surface area contributed by atoms with Crippen LogP contribution in [0, 0.1) is 13.8 Å². The van der Waals surface area contributed by atoms with Crippen molar-refractivity contribution in [3.8, 4) is 11.5 Å². The third-order valence-electron chi connectivity index (χ3n) is 2.93. The molecule has 1 aromatic carbocycles. The Hall–Kier alpha value is -1.58. The zero-order chi connectivity index (χ0) is 13.6. The number of aromatic nitrogens is 2. The third kappa shape index (κ3) is 2.09. The Bertz CT molecular complexity index is 780. The van der Waals surface area contributed by atoms with Gasteiger partial charge >= 0.3 is 0 Å². The van der Waals surface area contributed by atoms with Crippen molar-refractivity contribution in [1.29, 1.82) is 0 Å². The highest BCUT2D eigenvalue weighted by atomic mass is 35.5. The predicted molar refractivity (Wildman–Crippen MR) is 76.7 cm³/mol. The normalized spacial score (nSPS) is 11.2. The summed E-state index contributed by atoms with van der Waals surface area (Å²) < 4.78 is 5.79. The Morgan fingerprint density at radius 1 is 1.11 bits per heavy atom. The standard InChI is InChI=1S/C14H10Cl2N2O/c1-7-12(17-8(2)18-14(7)16)11-6-9-4-3-5-10(15)13(9)19-11/h3-6H,1-2H3. The molecule has 5 heteroatoms. The molecule has 0 saturated heterocycles. The molecule has 2 heterocycles. The van der Waals surface area contributed by atoms with Gasteiger partial charge in [0.25, 0.3) is 0 Å². The molecular weight excluding hydrogens is 283 g/mol. The SMILES string of the molecule is Cc1nc(Cl)c(C)c(-c2cc3cccc(Cl)c3o2)n1. The fraction of sp³-hybridized carbons (Fsp3) is 0.143. The third-order valence-corrected chi connectivity index (χ3v) is 3.59. The van der Waals surface area contributed by atoms with E-state index >= 15 is 0 Å². The van der Waals surface area contributed by atoms with Gasteiger partial charge in [-0.1, -0.05) is 35.3 Å². The van der Waals surface area contributed by atoms with E-state index in [9.17, 15) is 0 Å². The Kier molecular flexibility index (Phi) is 2.96. The lowest BCUT2D eigenvalue weighted by atomic mass is 10.2. The maximum absolute atomic E-state index is 6.11. The molecule has 19 heavy (non-hydrogen) atoms. The van der Waals surface area contributed by atoms with Crippen LogP contribution >= 0.6 is 23.2 Å². The van der Waals surface area contributed by atoms with E-state index in [0.717, 1.165) is 10.9 Å². The van der Waals surface area contributed by atoms with E-state index in [1.165, 1.54) is 0 Å². The van der Waals surface area contributed by atoms with Crippen molar-refractivity contribution in [1.82, 2.24) is 9.97 Å². The van der Waals surface area contributed by atoms with Gasteiger partial charge in [-0.05, 0) is 26.0 Å². The molecule has 0 aliphatic carbocycles. The first kappa shape index (κ1) is 12.5. The van der Waals surface area contributed by atoms with E-state index < -0.39 is 0 Å². The second-order valence-electron chi connectivity index (χ2n) is 4.30. The smallest absolute Gasteiger partial charge is 0.154 e. The Morgan fingerprint density at radius 2 is 1.89 bits per heavy atom. The molecule has 96 valence electrons. The molecule has 0 N–H and O–H groups in total. The monoisotopic (exact) mass is 292 g/mol. The van der Waals surface area contributed by atoms with E-state index in [0.29, 0.717) is 33.0 Å². The van der Waals surface area contributed by atoms with Crippen LogP contribution in [0.5, 0.6) is 0 Å². The summed E-state index contributed by atoms with van der Waals surface area (Å²) >= 11 is 12.2. The van der Waals surface area contributed by atoms with Gasteiger partial charge in [-0.2, -0.15) is 0 Å². The lowest BCUT2D eigenvalue weighted by Gasteiger charge is -2.04. The summed E-state index contributed by atoms with van der Waals surface area (Å²) in [4.78, 5) is 8.51. The number of para-hydroxylation sites is 1. The molecule has 3 nitrogen and oxygen atoms in total. The van der Waals surface area contributed by atoms with Gasteiger partial charge in [-0.3, -0.25) is 0 Å². The van der Waals surface area contributed by atoms with Gasteiger partial charge in [0.2, 0.25) is 0 Å². The number of furan rings is 1. The molecule has 0 amide bonds. The van der Waals surface area contributed by atoms with E-state index in [2.05, 4.69) is 9.97 Å². The molecule has 0 atom stereocenters. The zero-order valence-electron chi connectivity index (χ0n) is 10.4. The summed E-state index contributed by atoms with van der Waals surface area (Å²) in [6, 6.07) is 7.53. The fourth-order valence-electron chi connectivity index (χ4n) is 1.98. The van der Waals surface area contributed by atoms with Crippen LogP contribution in [0.25, 0.3) is 22.4 Å². The average molecular weight is 293 g/mol. The minimum absolute atomic E-state index is 0.439. The van der Waals surface area contributed by atoms with Gasteiger partial charge < -0.3 is 4.42 Å². The summed E-state index contributed by atoms with van der Waals surface area (Å²) in [5.74, 6) is 1.25.